The van der Waals surface area contributed by atoms with Gasteiger partial charge in [0, 0.05) is 0 Å². The lowest BCUT2D eigenvalue weighted by Crippen LogP contribution is -2.16. The van der Waals surface area contributed by atoms with Gasteiger partial charge >= 0.3 is 0 Å². The van der Waals surface area contributed by atoms with Gasteiger partial charge in [0.25, 0.3) is 5.91 Å². The minimum atomic E-state index is -0.288. The Morgan fingerprint density at radius 1 is 1.18 bits per heavy atom. The fraction of sp³-hybridized carbons (Fsp3) is 0.0625. The van der Waals surface area contributed by atoms with E-state index >= 15 is 0 Å². The summed E-state index contributed by atoms with van der Waals surface area (Å²) in [6.45, 7) is -0.154. The molecule has 0 spiro atoms. The van der Waals surface area contributed by atoms with Crippen LogP contribution in [0.15, 0.2) is 59.8 Å². The van der Waals surface area contributed by atoms with Gasteiger partial charge in [-0.05, 0) is 17.7 Å². The van der Waals surface area contributed by atoms with E-state index < -0.39 is 0 Å². The normalized spacial score (nSPS) is 10.9. The lowest BCUT2D eigenvalue weighted by molar-refractivity contribution is -0.120. The van der Waals surface area contributed by atoms with E-state index in [1.807, 2.05) is 54.6 Å². The molecule has 110 valence electrons. The zero-order chi connectivity index (χ0) is 15.2. The highest BCUT2D eigenvalue weighted by Gasteiger charge is 2.07. The van der Waals surface area contributed by atoms with Gasteiger partial charge in [0.2, 0.25) is 0 Å². The summed E-state index contributed by atoms with van der Waals surface area (Å²) in [6.07, 6.45) is 1.56. The molecule has 0 saturated heterocycles. The second kappa shape index (κ2) is 6.82. The van der Waals surface area contributed by atoms with Crippen molar-refractivity contribution >= 4 is 38.8 Å². The third kappa shape index (κ3) is 3.67. The summed E-state index contributed by atoms with van der Waals surface area (Å²) in [6, 6.07) is 17.2. The molecule has 0 bridgehead atoms. The van der Waals surface area contributed by atoms with Gasteiger partial charge in [0.1, 0.15) is 0 Å². The Bertz CT molecular complexity index is 766. The number of fused-ring (bicyclic) bond motifs is 1. The molecule has 2 aromatic carbocycles. The highest BCUT2D eigenvalue weighted by atomic mass is 32.1. The Kier molecular flexibility index (Phi) is 4.41. The lowest BCUT2D eigenvalue weighted by Gasteiger charge is -1.99. The highest BCUT2D eigenvalue weighted by Crippen LogP contribution is 2.25. The number of para-hydroxylation sites is 1. The van der Waals surface area contributed by atoms with Crippen LogP contribution < -0.4 is 5.32 Å². The van der Waals surface area contributed by atoms with Gasteiger partial charge in [-0.2, -0.15) is 0 Å². The average Bonchev–Trinajstić information content (AvgIpc) is 2.94. The number of carbonyl (C=O) groups is 1. The first-order chi connectivity index (χ1) is 10.8. The standard InChI is InChI=1S/C16H13N3O2S/c20-15(11-21-17-10-12-6-2-1-3-7-12)19-16-18-13-8-4-5-9-14(13)22-16/h1-10H,11H2,(H,18,19,20)/b17-10+. The van der Waals surface area contributed by atoms with Crippen molar-refractivity contribution in [2.75, 3.05) is 11.9 Å². The molecule has 22 heavy (non-hydrogen) atoms. The molecule has 1 aromatic heterocycles. The van der Waals surface area contributed by atoms with Crippen LogP contribution in [0.5, 0.6) is 0 Å². The molecule has 6 heteroatoms. The van der Waals surface area contributed by atoms with Crippen LogP contribution in [0.1, 0.15) is 5.56 Å². The molecule has 1 heterocycles. The van der Waals surface area contributed by atoms with Gasteiger partial charge in [-0.3, -0.25) is 10.1 Å². The molecule has 0 unspecified atom stereocenters. The minimum absolute atomic E-state index is 0.154. The first-order valence-corrected chi connectivity index (χ1v) is 7.49. The van der Waals surface area contributed by atoms with Crippen molar-refractivity contribution in [2.24, 2.45) is 5.16 Å². The fourth-order valence-corrected chi connectivity index (χ4v) is 2.70. The second-order valence-electron chi connectivity index (χ2n) is 4.45. The Balaban J connectivity index is 1.51. The molecular weight excluding hydrogens is 298 g/mol. The van der Waals surface area contributed by atoms with Crippen molar-refractivity contribution in [1.29, 1.82) is 0 Å². The first kappa shape index (κ1) is 14.2. The smallest absolute Gasteiger partial charge is 0.266 e. The molecule has 1 amide bonds. The lowest BCUT2D eigenvalue weighted by atomic mass is 10.2. The third-order valence-electron chi connectivity index (χ3n) is 2.81. The van der Waals surface area contributed by atoms with E-state index in [9.17, 15) is 4.79 Å². The molecule has 0 aliphatic rings. The van der Waals surface area contributed by atoms with Crippen LogP contribution in [0.3, 0.4) is 0 Å². The van der Waals surface area contributed by atoms with Crippen molar-refractivity contribution in [3.05, 3.63) is 60.2 Å². The second-order valence-corrected chi connectivity index (χ2v) is 5.48. The summed E-state index contributed by atoms with van der Waals surface area (Å²) < 4.78 is 1.03. The first-order valence-electron chi connectivity index (χ1n) is 6.67. The highest BCUT2D eigenvalue weighted by molar-refractivity contribution is 7.22. The number of carbonyl (C=O) groups excluding carboxylic acids is 1. The number of oxime groups is 1. The van der Waals surface area contributed by atoms with E-state index in [2.05, 4.69) is 15.5 Å². The van der Waals surface area contributed by atoms with Gasteiger partial charge < -0.3 is 4.84 Å². The van der Waals surface area contributed by atoms with Crippen LogP contribution in [0.4, 0.5) is 5.13 Å². The molecule has 5 nitrogen and oxygen atoms in total. The number of benzene rings is 2. The minimum Gasteiger partial charge on any atom is -0.386 e. The van der Waals surface area contributed by atoms with Crippen LogP contribution in [0.25, 0.3) is 10.2 Å². The third-order valence-corrected chi connectivity index (χ3v) is 3.76. The number of rotatable bonds is 5. The molecular formula is C16H13N3O2S. The van der Waals surface area contributed by atoms with Crippen LogP contribution in [0, 0.1) is 0 Å². The number of amides is 1. The summed E-state index contributed by atoms with van der Waals surface area (Å²) in [5.41, 5.74) is 1.78. The maximum absolute atomic E-state index is 11.8. The van der Waals surface area contributed by atoms with Crippen molar-refractivity contribution < 1.29 is 9.63 Å². The summed E-state index contributed by atoms with van der Waals surface area (Å²) in [7, 11) is 0. The largest absolute Gasteiger partial charge is 0.386 e. The molecule has 3 aromatic rings. The van der Waals surface area contributed by atoms with E-state index in [1.165, 1.54) is 11.3 Å². The Labute approximate surface area is 131 Å². The van der Waals surface area contributed by atoms with Crippen LogP contribution in [0.2, 0.25) is 0 Å². The zero-order valence-electron chi connectivity index (χ0n) is 11.6. The van der Waals surface area contributed by atoms with E-state index in [1.54, 1.807) is 6.21 Å². The molecule has 0 radical (unpaired) electrons. The van der Waals surface area contributed by atoms with Gasteiger partial charge in [-0.25, -0.2) is 4.98 Å². The van der Waals surface area contributed by atoms with Gasteiger partial charge in [-0.1, -0.05) is 59.0 Å². The van der Waals surface area contributed by atoms with Gasteiger partial charge in [0.05, 0.1) is 16.4 Å². The fourth-order valence-electron chi connectivity index (χ4n) is 1.81. The van der Waals surface area contributed by atoms with E-state index in [-0.39, 0.29) is 12.5 Å². The number of aromatic nitrogens is 1. The SMILES string of the molecule is O=C(CO/N=C/c1ccccc1)Nc1nc2ccccc2s1. The summed E-state index contributed by atoms with van der Waals surface area (Å²) >= 11 is 1.42. The molecule has 1 N–H and O–H groups in total. The van der Waals surface area contributed by atoms with Crippen molar-refractivity contribution in [3.8, 4) is 0 Å². The maximum Gasteiger partial charge on any atom is 0.266 e. The number of hydrogen-bond acceptors (Lipinski definition) is 5. The van der Waals surface area contributed by atoms with Crippen LogP contribution >= 0.6 is 11.3 Å². The predicted molar refractivity (Wildman–Crippen MR) is 88.2 cm³/mol. The Hall–Kier alpha value is -2.73. The summed E-state index contributed by atoms with van der Waals surface area (Å²) in [4.78, 5) is 21.1. The molecule has 0 saturated carbocycles. The van der Waals surface area contributed by atoms with Gasteiger partial charge in [0.15, 0.2) is 11.7 Å². The van der Waals surface area contributed by atoms with Crippen molar-refractivity contribution in [1.82, 2.24) is 4.98 Å². The number of nitrogens with one attached hydrogen (secondary N) is 1. The van der Waals surface area contributed by atoms with E-state index in [0.29, 0.717) is 5.13 Å². The Morgan fingerprint density at radius 3 is 2.77 bits per heavy atom. The topological polar surface area (TPSA) is 63.6 Å². The van der Waals surface area contributed by atoms with Gasteiger partial charge in [-0.15, -0.1) is 0 Å². The zero-order valence-corrected chi connectivity index (χ0v) is 12.4. The van der Waals surface area contributed by atoms with Crippen molar-refractivity contribution in [3.63, 3.8) is 0 Å². The summed E-state index contributed by atoms with van der Waals surface area (Å²) in [5.74, 6) is -0.288. The number of hydrogen-bond donors (Lipinski definition) is 1. The molecule has 0 aliphatic carbocycles. The van der Waals surface area contributed by atoms with Crippen molar-refractivity contribution in [2.45, 2.75) is 0 Å². The number of thiazole rings is 1. The van der Waals surface area contributed by atoms with E-state index in [0.717, 1.165) is 15.8 Å². The van der Waals surface area contributed by atoms with E-state index in [4.69, 9.17) is 4.84 Å². The summed E-state index contributed by atoms with van der Waals surface area (Å²) in [5, 5.41) is 7.02. The Morgan fingerprint density at radius 2 is 1.95 bits per heavy atom. The molecule has 3 rings (SSSR count). The molecule has 0 fully saturated rings. The quantitative estimate of drug-likeness (QED) is 0.581. The van der Waals surface area contributed by atoms with Crippen LogP contribution in [-0.2, 0) is 9.63 Å². The monoisotopic (exact) mass is 311 g/mol. The predicted octanol–water partition coefficient (Wildman–Crippen LogP) is 3.29. The van der Waals surface area contributed by atoms with Crippen LogP contribution in [-0.4, -0.2) is 23.7 Å². The molecule has 0 atom stereocenters. The number of nitrogens with zero attached hydrogens (tertiary/aromatic N) is 2. The molecule has 0 aliphatic heterocycles. The maximum atomic E-state index is 11.8. The number of anilines is 1. The average molecular weight is 311 g/mol.